The van der Waals surface area contributed by atoms with Crippen LogP contribution in [0.3, 0.4) is 0 Å². The Balaban J connectivity index is 2.43. The van der Waals surface area contributed by atoms with Gasteiger partial charge in [-0.3, -0.25) is 4.72 Å². The number of ether oxygens (including phenoxy) is 1. The summed E-state index contributed by atoms with van der Waals surface area (Å²) >= 11 is 0. The first-order valence-electron chi connectivity index (χ1n) is 5.99. The minimum absolute atomic E-state index is 0.165. The lowest BCUT2D eigenvalue weighted by atomic mass is 10.2. The van der Waals surface area contributed by atoms with E-state index in [1.54, 1.807) is 18.2 Å². The van der Waals surface area contributed by atoms with Gasteiger partial charge in [0.05, 0.1) is 12.3 Å². The summed E-state index contributed by atoms with van der Waals surface area (Å²) in [4.78, 5) is -1.00. The van der Waals surface area contributed by atoms with Crippen LogP contribution in [0.1, 0.15) is 5.56 Å². The molecule has 0 aliphatic rings. The molecule has 2 rings (SSSR count). The maximum absolute atomic E-state index is 13.6. The number of rotatable bonds is 5. The van der Waals surface area contributed by atoms with Gasteiger partial charge in [0, 0.05) is 12.7 Å². The number of anilines is 1. The molecule has 0 aromatic heterocycles. The van der Waals surface area contributed by atoms with Crippen LogP contribution in [0.25, 0.3) is 0 Å². The molecule has 2 aromatic carbocycles. The monoisotopic (exact) mass is 313 g/mol. The van der Waals surface area contributed by atoms with E-state index in [0.29, 0.717) is 5.56 Å². The van der Waals surface area contributed by atoms with Gasteiger partial charge in [0.25, 0.3) is 10.0 Å². The molecule has 0 saturated carbocycles. The molecule has 1 N–H and O–H groups in total. The van der Waals surface area contributed by atoms with Crippen molar-refractivity contribution in [2.45, 2.75) is 11.5 Å². The quantitative estimate of drug-likeness (QED) is 0.923. The number of nitrogens with one attached hydrogen (secondary N) is 1. The Labute approximate surface area is 121 Å². The minimum atomic E-state index is -4.37. The van der Waals surface area contributed by atoms with Crippen LogP contribution in [0.4, 0.5) is 14.5 Å². The minimum Gasteiger partial charge on any atom is -0.380 e. The van der Waals surface area contributed by atoms with Gasteiger partial charge in [-0.2, -0.15) is 0 Å². The lowest BCUT2D eigenvalue weighted by molar-refractivity contribution is 0.185. The molecule has 21 heavy (non-hydrogen) atoms. The predicted octanol–water partition coefficient (Wildman–Crippen LogP) is 2.91. The Kier molecular flexibility index (Phi) is 4.54. The van der Waals surface area contributed by atoms with E-state index in [1.807, 2.05) is 0 Å². The summed E-state index contributed by atoms with van der Waals surface area (Å²) in [5, 5.41) is 0. The fourth-order valence-electron chi connectivity index (χ4n) is 1.84. The van der Waals surface area contributed by atoms with Gasteiger partial charge in [0.1, 0.15) is 11.6 Å². The molecular weight excluding hydrogens is 300 g/mol. The van der Waals surface area contributed by atoms with Gasteiger partial charge >= 0.3 is 0 Å². The van der Waals surface area contributed by atoms with E-state index < -0.39 is 26.6 Å². The number of halogens is 2. The first-order valence-corrected chi connectivity index (χ1v) is 7.47. The van der Waals surface area contributed by atoms with Crippen molar-refractivity contribution in [3.05, 3.63) is 59.7 Å². The number of hydrogen-bond donors (Lipinski definition) is 1. The van der Waals surface area contributed by atoms with E-state index in [0.717, 1.165) is 18.2 Å². The fraction of sp³-hybridized carbons (Fsp3) is 0.143. The molecule has 0 saturated heterocycles. The maximum atomic E-state index is 13.6. The van der Waals surface area contributed by atoms with Crippen molar-refractivity contribution in [3.63, 3.8) is 0 Å². The molecule has 0 unspecified atom stereocenters. The molecule has 0 aliphatic carbocycles. The summed E-state index contributed by atoms with van der Waals surface area (Å²) in [6.07, 6.45) is 0. The van der Waals surface area contributed by atoms with Crippen LogP contribution in [0.5, 0.6) is 0 Å². The SMILES string of the molecule is COCc1ccccc1NS(=O)(=O)c1c(F)cccc1F. The summed E-state index contributed by atoms with van der Waals surface area (Å²) in [6.45, 7) is 0.165. The molecule has 0 bridgehead atoms. The zero-order valence-electron chi connectivity index (χ0n) is 11.1. The molecular formula is C14H13F2NO3S. The van der Waals surface area contributed by atoms with Gasteiger partial charge in [-0.1, -0.05) is 24.3 Å². The maximum Gasteiger partial charge on any atom is 0.267 e. The highest BCUT2D eigenvalue weighted by atomic mass is 32.2. The molecule has 2 aromatic rings. The van der Waals surface area contributed by atoms with Gasteiger partial charge in [-0.25, -0.2) is 17.2 Å². The van der Waals surface area contributed by atoms with E-state index in [1.165, 1.54) is 13.2 Å². The standard InChI is InChI=1S/C14H13F2NO3S/c1-20-9-10-5-2-3-8-13(10)17-21(18,19)14-11(15)6-4-7-12(14)16/h2-8,17H,9H2,1H3. The molecule has 0 spiro atoms. The second-order valence-electron chi connectivity index (χ2n) is 4.25. The van der Waals surface area contributed by atoms with Gasteiger partial charge in [0.15, 0.2) is 4.90 Å². The molecule has 4 nitrogen and oxygen atoms in total. The van der Waals surface area contributed by atoms with Crippen LogP contribution in [0.2, 0.25) is 0 Å². The van der Waals surface area contributed by atoms with Crippen LogP contribution in [-0.4, -0.2) is 15.5 Å². The van der Waals surface area contributed by atoms with Crippen LogP contribution in [0, 0.1) is 11.6 Å². The van der Waals surface area contributed by atoms with Gasteiger partial charge in [0.2, 0.25) is 0 Å². The zero-order chi connectivity index (χ0) is 15.5. The summed E-state index contributed by atoms with van der Waals surface area (Å²) in [5.41, 5.74) is 0.766. The van der Waals surface area contributed by atoms with Crippen LogP contribution >= 0.6 is 0 Å². The normalized spacial score (nSPS) is 11.4. The molecule has 0 aliphatic heterocycles. The van der Waals surface area contributed by atoms with Gasteiger partial charge in [-0.05, 0) is 18.2 Å². The van der Waals surface area contributed by atoms with E-state index in [-0.39, 0.29) is 12.3 Å². The van der Waals surface area contributed by atoms with Crippen molar-refractivity contribution in [2.75, 3.05) is 11.8 Å². The Bertz CT molecular complexity index is 727. The van der Waals surface area contributed by atoms with E-state index in [9.17, 15) is 17.2 Å². The number of sulfonamides is 1. The molecule has 0 atom stereocenters. The summed E-state index contributed by atoms with van der Waals surface area (Å²) in [5.74, 6) is -2.29. The number of hydrogen-bond acceptors (Lipinski definition) is 3. The van der Waals surface area contributed by atoms with Crippen LogP contribution < -0.4 is 4.72 Å². The average molecular weight is 313 g/mol. The van der Waals surface area contributed by atoms with Crippen LogP contribution in [-0.2, 0) is 21.4 Å². The smallest absolute Gasteiger partial charge is 0.267 e. The van der Waals surface area contributed by atoms with Crippen molar-refractivity contribution in [2.24, 2.45) is 0 Å². The van der Waals surface area contributed by atoms with Crippen molar-refractivity contribution in [1.29, 1.82) is 0 Å². The largest absolute Gasteiger partial charge is 0.380 e. The highest BCUT2D eigenvalue weighted by molar-refractivity contribution is 7.92. The van der Waals surface area contributed by atoms with E-state index >= 15 is 0 Å². The van der Waals surface area contributed by atoms with E-state index in [4.69, 9.17) is 4.74 Å². The second kappa shape index (κ2) is 6.19. The summed E-state index contributed by atoms with van der Waals surface area (Å²) < 4.78 is 58.7. The average Bonchev–Trinajstić information content (AvgIpc) is 2.40. The Morgan fingerprint density at radius 3 is 2.29 bits per heavy atom. The Morgan fingerprint density at radius 2 is 1.67 bits per heavy atom. The third-order valence-corrected chi connectivity index (χ3v) is 4.17. The summed E-state index contributed by atoms with van der Waals surface area (Å²) in [6, 6.07) is 9.33. The number of benzene rings is 2. The highest BCUT2D eigenvalue weighted by Gasteiger charge is 2.24. The molecule has 7 heteroatoms. The molecule has 0 fully saturated rings. The van der Waals surface area contributed by atoms with Crippen molar-refractivity contribution in [3.8, 4) is 0 Å². The third kappa shape index (κ3) is 3.37. The van der Waals surface area contributed by atoms with Crippen molar-refractivity contribution < 1.29 is 21.9 Å². The molecule has 0 heterocycles. The Morgan fingerprint density at radius 1 is 1.05 bits per heavy atom. The lowest BCUT2D eigenvalue weighted by Gasteiger charge is -2.13. The third-order valence-electron chi connectivity index (χ3n) is 2.75. The predicted molar refractivity (Wildman–Crippen MR) is 74.3 cm³/mol. The number of methoxy groups -OCH3 is 1. The number of para-hydroxylation sites is 1. The lowest BCUT2D eigenvalue weighted by Crippen LogP contribution is -2.17. The molecule has 112 valence electrons. The fourth-order valence-corrected chi connectivity index (χ4v) is 3.08. The van der Waals surface area contributed by atoms with Crippen molar-refractivity contribution in [1.82, 2.24) is 0 Å². The summed E-state index contributed by atoms with van der Waals surface area (Å²) in [7, 11) is -2.91. The van der Waals surface area contributed by atoms with Crippen molar-refractivity contribution >= 4 is 15.7 Å². The second-order valence-corrected chi connectivity index (χ2v) is 5.87. The topological polar surface area (TPSA) is 55.4 Å². The first-order chi connectivity index (χ1) is 9.95. The Hall–Kier alpha value is -1.99. The highest BCUT2D eigenvalue weighted by Crippen LogP contribution is 2.24. The molecule has 0 radical (unpaired) electrons. The van der Waals surface area contributed by atoms with E-state index in [2.05, 4.69) is 4.72 Å². The molecule has 0 amide bonds. The van der Waals surface area contributed by atoms with Gasteiger partial charge in [-0.15, -0.1) is 0 Å². The first kappa shape index (κ1) is 15.4. The zero-order valence-corrected chi connectivity index (χ0v) is 12.0. The van der Waals surface area contributed by atoms with Gasteiger partial charge < -0.3 is 4.74 Å². The van der Waals surface area contributed by atoms with Crippen LogP contribution in [0.15, 0.2) is 47.4 Å².